The van der Waals surface area contributed by atoms with Crippen LogP contribution in [0.4, 0.5) is 9.18 Å². The number of amides is 2. The molecule has 1 aromatic heterocycles. The Bertz CT molecular complexity index is 1200. The Hall–Kier alpha value is -3.10. The van der Waals surface area contributed by atoms with Crippen LogP contribution < -0.4 is 10.1 Å². The van der Waals surface area contributed by atoms with E-state index < -0.39 is 6.04 Å². The van der Waals surface area contributed by atoms with Crippen molar-refractivity contribution in [1.82, 2.24) is 20.1 Å². The molecule has 0 unspecified atom stereocenters. The summed E-state index contributed by atoms with van der Waals surface area (Å²) in [5.41, 5.74) is 3.79. The van der Waals surface area contributed by atoms with Gasteiger partial charge in [-0.2, -0.15) is 0 Å². The highest BCUT2D eigenvalue weighted by atomic mass is 19.1. The first-order valence-corrected chi connectivity index (χ1v) is 11.7. The van der Waals surface area contributed by atoms with E-state index in [4.69, 9.17) is 4.74 Å². The zero-order chi connectivity index (χ0) is 24.0. The van der Waals surface area contributed by atoms with Gasteiger partial charge in [-0.15, -0.1) is 0 Å². The fourth-order valence-corrected chi connectivity index (χ4v) is 5.58. The molecule has 2 aliphatic heterocycles. The van der Waals surface area contributed by atoms with Crippen molar-refractivity contribution in [2.45, 2.75) is 37.9 Å². The van der Waals surface area contributed by atoms with Crippen LogP contribution in [0, 0.1) is 5.82 Å². The summed E-state index contributed by atoms with van der Waals surface area (Å²) < 4.78 is 18.7. The zero-order valence-corrected chi connectivity index (χ0v) is 19.8. The van der Waals surface area contributed by atoms with Crippen LogP contribution in [0.15, 0.2) is 42.5 Å². The number of aromatic amines is 1. The molecule has 1 saturated heterocycles. The molecule has 0 aliphatic carbocycles. The number of carbonyl (C=O) groups is 1. The normalized spacial score (nSPS) is 19.4. The molecule has 0 saturated carbocycles. The topological polar surface area (TPSA) is 80.8 Å². The minimum atomic E-state index is -0.455. The number of nitrogens with zero attached hydrogens (tertiary/aromatic N) is 2. The second-order valence-corrected chi connectivity index (χ2v) is 9.81. The van der Waals surface area contributed by atoms with Gasteiger partial charge in [-0.25, -0.2) is 9.18 Å². The number of halogens is 1. The number of nitrogens with one attached hydrogen (secondary N) is 2. The van der Waals surface area contributed by atoms with Crippen molar-refractivity contribution in [2.24, 2.45) is 0 Å². The molecule has 1 atom stereocenters. The van der Waals surface area contributed by atoms with Crippen LogP contribution in [0.3, 0.4) is 0 Å². The Kier molecular flexibility index (Phi) is 5.73. The van der Waals surface area contributed by atoms with Crippen molar-refractivity contribution >= 4 is 16.9 Å². The van der Waals surface area contributed by atoms with Gasteiger partial charge in [0.05, 0.1) is 19.8 Å². The lowest BCUT2D eigenvalue weighted by molar-refractivity contribution is 0.00613. The SMILES string of the molecule is COc1ccc2c3c([nH]c2c1)[C@@H](CO)N(C(=O)NC(C)C)CC31CN(Cc2ccc(F)cc2)C1. The molecule has 2 aromatic carbocycles. The standard InChI is InChI=1S/C26H31FN4O3/c1-16(2)28-25(33)31-15-26(13-30(14-26)11-17-4-6-18(27)7-5-17)23-20-9-8-19(34-3)10-21(20)29-24(23)22(31)12-32/h4-10,16,22,29,32H,11-15H2,1-3H3,(H,28,33)/t22-/m1/s1. The van der Waals surface area contributed by atoms with E-state index >= 15 is 0 Å². The smallest absolute Gasteiger partial charge is 0.318 e. The first kappa shape index (κ1) is 22.7. The molecule has 2 amide bonds. The van der Waals surface area contributed by atoms with Crippen molar-refractivity contribution in [2.75, 3.05) is 33.4 Å². The number of benzene rings is 2. The molecular weight excluding hydrogens is 435 g/mol. The number of aliphatic hydroxyl groups excluding tert-OH is 1. The second-order valence-electron chi connectivity index (χ2n) is 9.81. The predicted molar refractivity (Wildman–Crippen MR) is 128 cm³/mol. The lowest BCUT2D eigenvalue weighted by Gasteiger charge is -2.56. The van der Waals surface area contributed by atoms with Gasteiger partial charge in [-0.05, 0) is 49.2 Å². The number of fused-ring (bicyclic) bond motifs is 4. The van der Waals surface area contributed by atoms with Gasteiger partial charge in [0.2, 0.25) is 0 Å². The van der Waals surface area contributed by atoms with Crippen LogP contribution in [0.25, 0.3) is 10.9 Å². The fourth-order valence-electron chi connectivity index (χ4n) is 5.58. The van der Waals surface area contributed by atoms with Gasteiger partial charge in [-0.3, -0.25) is 4.90 Å². The number of carbonyl (C=O) groups excluding carboxylic acids is 1. The van der Waals surface area contributed by atoms with Crippen molar-refractivity contribution in [3.63, 3.8) is 0 Å². The summed E-state index contributed by atoms with van der Waals surface area (Å²) in [5, 5.41) is 14.4. The highest BCUT2D eigenvalue weighted by Crippen LogP contribution is 2.48. The summed E-state index contributed by atoms with van der Waals surface area (Å²) in [6, 6.07) is 11.9. The Balaban J connectivity index is 1.53. The molecule has 3 aromatic rings. The van der Waals surface area contributed by atoms with Crippen LogP contribution in [0.5, 0.6) is 5.75 Å². The van der Waals surface area contributed by atoms with Gasteiger partial charge in [0.1, 0.15) is 11.6 Å². The average molecular weight is 467 g/mol. The molecule has 0 bridgehead atoms. The zero-order valence-electron chi connectivity index (χ0n) is 19.8. The van der Waals surface area contributed by atoms with E-state index in [1.807, 2.05) is 38.1 Å². The minimum absolute atomic E-state index is 0.00692. The van der Waals surface area contributed by atoms with Crippen molar-refractivity contribution in [3.05, 3.63) is 65.1 Å². The molecule has 180 valence electrons. The van der Waals surface area contributed by atoms with Crippen LogP contribution in [0.2, 0.25) is 0 Å². The number of aromatic nitrogens is 1. The molecule has 7 nitrogen and oxygen atoms in total. The van der Waals surface area contributed by atoms with Crippen LogP contribution in [-0.2, 0) is 12.0 Å². The molecule has 34 heavy (non-hydrogen) atoms. The molecule has 1 fully saturated rings. The molecule has 5 rings (SSSR count). The lowest BCUT2D eigenvalue weighted by atomic mass is 9.68. The highest BCUT2D eigenvalue weighted by Gasteiger charge is 2.53. The number of rotatable bonds is 5. The van der Waals surface area contributed by atoms with Gasteiger partial charge < -0.3 is 25.0 Å². The van der Waals surface area contributed by atoms with E-state index in [1.54, 1.807) is 12.0 Å². The van der Waals surface area contributed by atoms with E-state index in [2.05, 4.69) is 21.3 Å². The number of hydrogen-bond acceptors (Lipinski definition) is 4. The number of H-pyrrole nitrogens is 1. The van der Waals surface area contributed by atoms with Gasteiger partial charge in [0.25, 0.3) is 0 Å². The summed E-state index contributed by atoms with van der Waals surface area (Å²) in [6.07, 6.45) is 0. The number of aliphatic hydroxyl groups is 1. The lowest BCUT2D eigenvalue weighted by Crippen LogP contribution is -2.67. The van der Waals surface area contributed by atoms with Gasteiger partial charge >= 0.3 is 6.03 Å². The summed E-state index contributed by atoms with van der Waals surface area (Å²) >= 11 is 0. The van der Waals surface area contributed by atoms with E-state index in [1.165, 1.54) is 17.7 Å². The van der Waals surface area contributed by atoms with Crippen molar-refractivity contribution in [1.29, 1.82) is 0 Å². The first-order chi connectivity index (χ1) is 16.3. The van der Waals surface area contributed by atoms with Crippen molar-refractivity contribution < 1.29 is 19.0 Å². The third kappa shape index (κ3) is 3.80. The Labute approximate surface area is 198 Å². The number of likely N-dealkylation sites (tertiary alicyclic amines) is 1. The summed E-state index contributed by atoms with van der Waals surface area (Å²) in [5.74, 6) is 0.512. The fraction of sp³-hybridized carbons (Fsp3) is 0.423. The van der Waals surface area contributed by atoms with Crippen LogP contribution in [-0.4, -0.2) is 65.3 Å². The maximum absolute atomic E-state index is 13.3. The largest absolute Gasteiger partial charge is 0.497 e. The van der Waals surface area contributed by atoms with Crippen LogP contribution >= 0.6 is 0 Å². The quantitative estimate of drug-likeness (QED) is 0.537. The predicted octanol–water partition coefficient (Wildman–Crippen LogP) is 3.54. The van der Waals surface area contributed by atoms with Crippen molar-refractivity contribution in [3.8, 4) is 5.75 Å². The molecule has 1 spiro atoms. The molecule has 2 aliphatic rings. The number of urea groups is 1. The molecular formula is C26H31FN4O3. The average Bonchev–Trinajstić information content (AvgIpc) is 3.17. The number of methoxy groups -OCH3 is 1. The maximum atomic E-state index is 13.3. The summed E-state index contributed by atoms with van der Waals surface area (Å²) in [7, 11) is 1.64. The first-order valence-electron chi connectivity index (χ1n) is 11.7. The Morgan fingerprint density at radius 1 is 1.24 bits per heavy atom. The summed E-state index contributed by atoms with van der Waals surface area (Å²) in [6.45, 7) is 6.45. The molecule has 3 N–H and O–H groups in total. The number of hydrogen-bond donors (Lipinski definition) is 3. The molecule has 0 radical (unpaired) electrons. The van der Waals surface area contributed by atoms with E-state index in [9.17, 15) is 14.3 Å². The van der Waals surface area contributed by atoms with Gasteiger partial charge in [-0.1, -0.05) is 12.1 Å². The maximum Gasteiger partial charge on any atom is 0.318 e. The van der Waals surface area contributed by atoms with E-state index in [-0.39, 0.29) is 29.9 Å². The summed E-state index contributed by atoms with van der Waals surface area (Å²) in [4.78, 5) is 20.7. The monoisotopic (exact) mass is 466 g/mol. The molecule has 3 heterocycles. The van der Waals surface area contributed by atoms with Crippen LogP contribution in [0.1, 0.15) is 36.7 Å². The third-order valence-corrected chi connectivity index (χ3v) is 6.97. The van der Waals surface area contributed by atoms with Gasteiger partial charge in [0, 0.05) is 60.3 Å². The number of ether oxygens (including phenoxy) is 1. The van der Waals surface area contributed by atoms with Gasteiger partial charge in [0.15, 0.2) is 0 Å². The van der Waals surface area contributed by atoms with E-state index in [0.29, 0.717) is 6.54 Å². The van der Waals surface area contributed by atoms with E-state index in [0.717, 1.165) is 47.5 Å². The Morgan fingerprint density at radius 2 is 1.97 bits per heavy atom. The third-order valence-electron chi connectivity index (χ3n) is 6.97. The highest BCUT2D eigenvalue weighted by molar-refractivity contribution is 5.89. The Morgan fingerprint density at radius 3 is 2.62 bits per heavy atom. The molecule has 8 heteroatoms. The second kappa shape index (κ2) is 8.60. The minimum Gasteiger partial charge on any atom is -0.497 e.